The second kappa shape index (κ2) is 4.68. The summed E-state index contributed by atoms with van der Waals surface area (Å²) >= 11 is 0. The fourth-order valence-corrected chi connectivity index (χ4v) is 2.00. The molecule has 1 fully saturated rings. The number of amides is 1. The lowest BCUT2D eigenvalue weighted by Crippen LogP contribution is -2.27. The molecule has 0 atom stereocenters. The first-order valence-electron chi connectivity index (χ1n) is 6.16. The van der Waals surface area contributed by atoms with E-state index in [4.69, 9.17) is 4.42 Å². The van der Waals surface area contributed by atoms with Crippen molar-refractivity contribution in [1.82, 2.24) is 14.9 Å². The van der Waals surface area contributed by atoms with Crippen LogP contribution < -0.4 is 5.32 Å². The lowest BCUT2D eigenvalue weighted by atomic mass is 10.3. The van der Waals surface area contributed by atoms with Gasteiger partial charge in [-0.25, -0.2) is 4.98 Å². The molecular weight excluding hydrogens is 230 g/mol. The summed E-state index contributed by atoms with van der Waals surface area (Å²) in [7, 11) is 0. The van der Waals surface area contributed by atoms with Gasteiger partial charge in [-0.1, -0.05) is 0 Å². The summed E-state index contributed by atoms with van der Waals surface area (Å²) in [6.45, 7) is 1.36. The molecule has 0 bridgehead atoms. The molecule has 5 nitrogen and oxygen atoms in total. The standard InChI is InChI=1S/C13H15N3O2/c17-13(11-3-8-18-9-11)15-5-7-16-6-4-14-12(16)10-1-2-10/h3-4,6,8-10H,1-2,5,7H2,(H,15,17). The highest BCUT2D eigenvalue weighted by atomic mass is 16.3. The summed E-state index contributed by atoms with van der Waals surface area (Å²) in [6.07, 6.45) is 9.21. The fourth-order valence-electron chi connectivity index (χ4n) is 2.00. The minimum absolute atomic E-state index is 0.100. The van der Waals surface area contributed by atoms with Crippen molar-refractivity contribution in [3.05, 3.63) is 42.4 Å². The van der Waals surface area contributed by atoms with E-state index in [0.717, 1.165) is 12.4 Å². The van der Waals surface area contributed by atoms with Gasteiger partial charge in [-0.3, -0.25) is 4.79 Å². The third-order valence-electron chi connectivity index (χ3n) is 3.11. The third kappa shape index (κ3) is 2.30. The Balaban J connectivity index is 1.52. The number of hydrogen-bond donors (Lipinski definition) is 1. The Morgan fingerprint density at radius 2 is 2.44 bits per heavy atom. The molecule has 2 aromatic rings. The van der Waals surface area contributed by atoms with Crippen LogP contribution in [0.25, 0.3) is 0 Å². The molecular formula is C13H15N3O2. The summed E-state index contributed by atoms with van der Waals surface area (Å²) in [5, 5.41) is 2.86. The quantitative estimate of drug-likeness (QED) is 0.873. The number of rotatable bonds is 5. The van der Waals surface area contributed by atoms with E-state index in [1.807, 2.05) is 12.4 Å². The topological polar surface area (TPSA) is 60.1 Å². The summed E-state index contributed by atoms with van der Waals surface area (Å²) in [5.41, 5.74) is 0.558. The Morgan fingerprint density at radius 1 is 1.56 bits per heavy atom. The van der Waals surface area contributed by atoms with Crippen LogP contribution in [-0.2, 0) is 6.54 Å². The van der Waals surface area contributed by atoms with Crippen molar-refractivity contribution in [2.24, 2.45) is 0 Å². The van der Waals surface area contributed by atoms with Gasteiger partial charge in [0.25, 0.3) is 5.91 Å². The molecule has 1 N–H and O–H groups in total. The molecule has 94 valence electrons. The molecule has 0 aliphatic heterocycles. The molecule has 1 aliphatic carbocycles. The predicted octanol–water partition coefficient (Wildman–Crippen LogP) is 1.78. The van der Waals surface area contributed by atoms with E-state index < -0.39 is 0 Å². The average molecular weight is 245 g/mol. The number of imidazole rings is 1. The Morgan fingerprint density at radius 3 is 3.17 bits per heavy atom. The van der Waals surface area contributed by atoms with E-state index >= 15 is 0 Å². The number of aromatic nitrogens is 2. The SMILES string of the molecule is O=C(NCCn1ccnc1C1CC1)c1ccoc1. The van der Waals surface area contributed by atoms with Crippen molar-refractivity contribution >= 4 is 5.91 Å². The number of nitrogens with one attached hydrogen (secondary N) is 1. The van der Waals surface area contributed by atoms with Crippen molar-refractivity contribution in [2.75, 3.05) is 6.54 Å². The van der Waals surface area contributed by atoms with Gasteiger partial charge in [0, 0.05) is 31.4 Å². The van der Waals surface area contributed by atoms with Gasteiger partial charge in [-0.2, -0.15) is 0 Å². The van der Waals surface area contributed by atoms with Crippen molar-refractivity contribution in [1.29, 1.82) is 0 Å². The zero-order valence-electron chi connectivity index (χ0n) is 10.0. The largest absolute Gasteiger partial charge is 0.472 e. The van der Waals surface area contributed by atoms with Crippen molar-refractivity contribution < 1.29 is 9.21 Å². The van der Waals surface area contributed by atoms with Crippen LogP contribution >= 0.6 is 0 Å². The zero-order valence-corrected chi connectivity index (χ0v) is 10.0. The van der Waals surface area contributed by atoms with E-state index in [-0.39, 0.29) is 5.91 Å². The first-order valence-corrected chi connectivity index (χ1v) is 6.16. The molecule has 2 heterocycles. The van der Waals surface area contributed by atoms with Crippen LogP contribution in [0.15, 0.2) is 35.4 Å². The summed E-state index contributed by atoms with van der Waals surface area (Å²) < 4.78 is 6.99. The van der Waals surface area contributed by atoms with Gasteiger partial charge in [0.2, 0.25) is 0 Å². The van der Waals surface area contributed by atoms with Crippen LogP contribution in [0.5, 0.6) is 0 Å². The molecule has 0 aromatic carbocycles. The summed E-state index contributed by atoms with van der Waals surface area (Å²) in [5.74, 6) is 1.67. The molecule has 0 radical (unpaired) electrons. The first kappa shape index (κ1) is 11.1. The third-order valence-corrected chi connectivity index (χ3v) is 3.11. The minimum Gasteiger partial charge on any atom is -0.472 e. The second-order valence-corrected chi connectivity index (χ2v) is 4.52. The molecule has 1 saturated carbocycles. The maximum absolute atomic E-state index is 11.7. The predicted molar refractivity (Wildman–Crippen MR) is 65.2 cm³/mol. The molecule has 0 spiro atoms. The number of hydrogen-bond acceptors (Lipinski definition) is 3. The monoisotopic (exact) mass is 245 g/mol. The van der Waals surface area contributed by atoms with Crippen LogP contribution in [0.1, 0.15) is 34.9 Å². The fraction of sp³-hybridized carbons (Fsp3) is 0.385. The average Bonchev–Trinajstić information content (AvgIpc) is 2.92. The Labute approximate surface area is 105 Å². The van der Waals surface area contributed by atoms with E-state index in [2.05, 4.69) is 14.9 Å². The minimum atomic E-state index is -0.100. The van der Waals surface area contributed by atoms with Gasteiger partial charge < -0.3 is 14.3 Å². The summed E-state index contributed by atoms with van der Waals surface area (Å²) in [6, 6.07) is 1.65. The highest BCUT2D eigenvalue weighted by molar-refractivity contribution is 5.93. The number of furan rings is 1. The van der Waals surface area contributed by atoms with Crippen molar-refractivity contribution in [3.8, 4) is 0 Å². The molecule has 18 heavy (non-hydrogen) atoms. The molecule has 0 saturated heterocycles. The van der Waals surface area contributed by atoms with E-state index in [1.165, 1.54) is 25.4 Å². The Kier molecular flexibility index (Phi) is 2.88. The Hall–Kier alpha value is -2.04. The van der Waals surface area contributed by atoms with Gasteiger partial charge in [0.15, 0.2) is 0 Å². The van der Waals surface area contributed by atoms with Gasteiger partial charge >= 0.3 is 0 Å². The molecule has 1 amide bonds. The number of carbonyl (C=O) groups is 1. The first-order chi connectivity index (χ1) is 8.84. The van der Waals surface area contributed by atoms with Crippen LogP contribution in [0.2, 0.25) is 0 Å². The van der Waals surface area contributed by atoms with Crippen molar-refractivity contribution in [2.45, 2.75) is 25.3 Å². The summed E-state index contributed by atoms with van der Waals surface area (Å²) in [4.78, 5) is 16.0. The molecule has 3 rings (SSSR count). The van der Waals surface area contributed by atoms with Crippen LogP contribution in [0.3, 0.4) is 0 Å². The normalized spacial score (nSPS) is 14.7. The van der Waals surface area contributed by atoms with Gasteiger partial charge in [-0.15, -0.1) is 0 Å². The highest BCUT2D eigenvalue weighted by Gasteiger charge is 2.27. The maximum Gasteiger partial charge on any atom is 0.254 e. The molecule has 5 heteroatoms. The van der Waals surface area contributed by atoms with E-state index in [0.29, 0.717) is 18.0 Å². The van der Waals surface area contributed by atoms with Crippen LogP contribution in [0.4, 0.5) is 0 Å². The van der Waals surface area contributed by atoms with Crippen LogP contribution in [-0.4, -0.2) is 22.0 Å². The molecule has 1 aliphatic rings. The lowest BCUT2D eigenvalue weighted by Gasteiger charge is -2.07. The van der Waals surface area contributed by atoms with Crippen LogP contribution in [0, 0.1) is 0 Å². The number of nitrogens with zero attached hydrogens (tertiary/aromatic N) is 2. The van der Waals surface area contributed by atoms with Gasteiger partial charge in [0.05, 0.1) is 11.8 Å². The number of carbonyl (C=O) groups excluding carboxylic acids is 1. The molecule has 2 aromatic heterocycles. The highest BCUT2D eigenvalue weighted by Crippen LogP contribution is 2.38. The lowest BCUT2D eigenvalue weighted by molar-refractivity contribution is 0.0951. The second-order valence-electron chi connectivity index (χ2n) is 4.52. The molecule has 0 unspecified atom stereocenters. The van der Waals surface area contributed by atoms with Gasteiger partial charge in [0.1, 0.15) is 12.1 Å². The zero-order chi connectivity index (χ0) is 12.4. The maximum atomic E-state index is 11.7. The van der Waals surface area contributed by atoms with Crippen molar-refractivity contribution in [3.63, 3.8) is 0 Å². The van der Waals surface area contributed by atoms with E-state index in [9.17, 15) is 4.79 Å². The van der Waals surface area contributed by atoms with E-state index in [1.54, 1.807) is 6.07 Å². The van der Waals surface area contributed by atoms with Gasteiger partial charge in [-0.05, 0) is 18.9 Å². The smallest absolute Gasteiger partial charge is 0.254 e. The Bertz CT molecular complexity index is 526.